The first-order valence-corrected chi connectivity index (χ1v) is 6.28. The van der Waals surface area contributed by atoms with Crippen molar-refractivity contribution < 1.29 is 5.11 Å². The molecule has 0 aromatic carbocycles. The van der Waals surface area contributed by atoms with Crippen LogP contribution in [0.1, 0.15) is 27.7 Å². The van der Waals surface area contributed by atoms with Gasteiger partial charge in [-0.15, -0.1) is 0 Å². The predicted octanol–water partition coefficient (Wildman–Crippen LogP) is 3.76. The largest absolute Gasteiger partial charge is 0.494 e. The van der Waals surface area contributed by atoms with E-state index in [1.54, 1.807) is 0 Å². The Kier molecular flexibility index (Phi) is 4.25. The molecule has 1 rings (SSSR count). The third-order valence-corrected chi connectivity index (χ3v) is 3.30. The van der Waals surface area contributed by atoms with Gasteiger partial charge >= 0.3 is 0 Å². The second-order valence-electron chi connectivity index (χ2n) is 4.21. The van der Waals surface area contributed by atoms with E-state index in [1.807, 2.05) is 23.1 Å². The molecule has 1 aliphatic carbocycles. The second kappa shape index (κ2) is 5.05. The van der Waals surface area contributed by atoms with E-state index in [-0.39, 0.29) is 0 Å². The quantitative estimate of drug-likeness (QED) is 0.632. The molecule has 1 N–H and O–H groups in total. The van der Waals surface area contributed by atoms with Gasteiger partial charge in [0.1, 0.15) is 0 Å². The molecule has 0 atom stereocenters. The first-order valence-electron chi connectivity index (χ1n) is 5.21. The van der Waals surface area contributed by atoms with Crippen LogP contribution in [-0.2, 0) is 0 Å². The Morgan fingerprint density at radius 3 is 2.13 bits per heavy atom. The summed E-state index contributed by atoms with van der Waals surface area (Å²) in [5, 5.41) is 10.2. The molecule has 0 spiro atoms. The van der Waals surface area contributed by atoms with E-state index in [1.165, 1.54) is 0 Å². The Balaban J connectivity index is 3.04. The van der Waals surface area contributed by atoms with Crippen molar-refractivity contribution in [1.82, 2.24) is 4.90 Å². The minimum Gasteiger partial charge on any atom is -0.494 e. The van der Waals surface area contributed by atoms with Gasteiger partial charge in [0.15, 0.2) is 5.88 Å². The van der Waals surface area contributed by atoms with E-state index >= 15 is 0 Å². The fraction of sp³-hybridized carbons (Fsp3) is 0.500. The summed E-state index contributed by atoms with van der Waals surface area (Å²) in [4.78, 5) is 2.03. The highest BCUT2D eigenvalue weighted by Crippen LogP contribution is 2.29. The summed E-state index contributed by atoms with van der Waals surface area (Å²) in [6.45, 7) is 8.36. The van der Waals surface area contributed by atoms with Crippen molar-refractivity contribution in [3.8, 4) is 0 Å². The lowest BCUT2D eigenvalue weighted by Crippen LogP contribution is -2.36. The highest BCUT2D eigenvalue weighted by molar-refractivity contribution is 14.1. The van der Waals surface area contributed by atoms with Gasteiger partial charge < -0.3 is 10.0 Å². The molecule has 0 fully saturated rings. The van der Waals surface area contributed by atoms with E-state index in [0.717, 1.165) is 9.15 Å². The van der Waals surface area contributed by atoms with Crippen molar-refractivity contribution in [1.29, 1.82) is 0 Å². The molecule has 0 heterocycles. The summed E-state index contributed by atoms with van der Waals surface area (Å²) in [6.07, 6.45) is 5.92. The Labute approximate surface area is 105 Å². The SMILES string of the molecule is CC(C)N(/C(O)=C1\C=CC=C1I)C(C)C. The van der Waals surface area contributed by atoms with Crippen LogP contribution < -0.4 is 0 Å². The molecule has 0 aliphatic heterocycles. The van der Waals surface area contributed by atoms with Crippen molar-refractivity contribution in [3.05, 3.63) is 33.3 Å². The van der Waals surface area contributed by atoms with Gasteiger partial charge in [-0.1, -0.05) is 6.08 Å². The van der Waals surface area contributed by atoms with E-state index in [9.17, 15) is 5.11 Å². The smallest absolute Gasteiger partial charge is 0.195 e. The maximum absolute atomic E-state index is 10.2. The summed E-state index contributed by atoms with van der Waals surface area (Å²) in [5.41, 5.74) is 0.929. The lowest BCUT2D eigenvalue weighted by atomic mass is 10.2. The number of halogens is 1. The molecule has 1 aliphatic rings. The normalized spacial score (nSPS) is 18.7. The van der Waals surface area contributed by atoms with Gasteiger partial charge in [0, 0.05) is 21.2 Å². The van der Waals surface area contributed by atoms with Crippen molar-refractivity contribution in [3.63, 3.8) is 0 Å². The molecule has 0 amide bonds. The number of aliphatic hydroxyl groups excluding tert-OH is 1. The molecule has 0 unspecified atom stereocenters. The maximum atomic E-state index is 10.2. The summed E-state index contributed by atoms with van der Waals surface area (Å²) >= 11 is 2.24. The van der Waals surface area contributed by atoms with Gasteiger partial charge in [0.05, 0.1) is 0 Å². The Morgan fingerprint density at radius 2 is 1.80 bits per heavy atom. The van der Waals surface area contributed by atoms with Gasteiger partial charge in [-0.2, -0.15) is 0 Å². The minimum atomic E-state index is 0.302. The number of hydrogen-bond donors (Lipinski definition) is 1. The Bertz CT molecular complexity index is 319. The van der Waals surface area contributed by atoms with Crippen LogP contribution in [0.5, 0.6) is 0 Å². The lowest BCUT2D eigenvalue weighted by Gasteiger charge is -2.32. The highest BCUT2D eigenvalue weighted by Gasteiger charge is 2.20. The summed E-state index contributed by atoms with van der Waals surface area (Å²) in [7, 11) is 0. The molecule has 3 heteroatoms. The van der Waals surface area contributed by atoms with E-state index in [4.69, 9.17) is 0 Å². The predicted molar refractivity (Wildman–Crippen MR) is 73.0 cm³/mol. The van der Waals surface area contributed by atoms with Crippen LogP contribution in [0, 0.1) is 0 Å². The minimum absolute atomic E-state index is 0.302. The van der Waals surface area contributed by atoms with Crippen molar-refractivity contribution >= 4 is 22.6 Å². The van der Waals surface area contributed by atoms with Crippen molar-refractivity contribution in [2.75, 3.05) is 0 Å². The number of allylic oxidation sites excluding steroid dienone is 5. The van der Waals surface area contributed by atoms with Crippen LogP contribution in [0.2, 0.25) is 0 Å². The number of hydrogen-bond acceptors (Lipinski definition) is 2. The summed E-state index contributed by atoms with van der Waals surface area (Å²) < 4.78 is 1.09. The number of aliphatic hydroxyl groups is 1. The standard InChI is InChI=1S/C12H18INO/c1-8(2)14(9(3)4)12(15)10-6-5-7-11(10)13/h5-9,15H,1-4H3/b12-10-. The maximum Gasteiger partial charge on any atom is 0.195 e. The first kappa shape index (κ1) is 12.6. The van der Waals surface area contributed by atoms with Crippen LogP contribution in [0.4, 0.5) is 0 Å². The van der Waals surface area contributed by atoms with Crippen LogP contribution in [0.25, 0.3) is 0 Å². The average molecular weight is 319 g/mol. The summed E-state index contributed by atoms with van der Waals surface area (Å²) in [5.74, 6) is 0.384. The molecule has 0 saturated carbocycles. The van der Waals surface area contributed by atoms with Crippen molar-refractivity contribution in [2.24, 2.45) is 0 Å². The molecule has 2 nitrogen and oxygen atoms in total. The van der Waals surface area contributed by atoms with Gasteiger partial charge in [-0.25, -0.2) is 0 Å². The molecule has 0 saturated heterocycles. The third-order valence-electron chi connectivity index (χ3n) is 2.36. The molecule has 0 radical (unpaired) electrons. The Hall–Kier alpha value is -0.450. The molecule has 0 aromatic rings. The van der Waals surface area contributed by atoms with Crippen molar-refractivity contribution in [2.45, 2.75) is 39.8 Å². The zero-order valence-electron chi connectivity index (χ0n) is 9.66. The number of nitrogens with zero attached hydrogens (tertiary/aromatic N) is 1. The molecular weight excluding hydrogens is 301 g/mol. The van der Waals surface area contributed by atoms with Gasteiger partial charge in [0.25, 0.3) is 0 Å². The first-order chi connectivity index (χ1) is 6.95. The number of rotatable bonds is 3. The van der Waals surface area contributed by atoms with Crippen LogP contribution >= 0.6 is 22.6 Å². The zero-order valence-corrected chi connectivity index (χ0v) is 11.8. The molecule has 84 valence electrons. The van der Waals surface area contributed by atoms with Crippen LogP contribution in [-0.4, -0.2) is 22.1 Å². The second-order valence-corrected chi connectivity index (χ2v) is 5.37. The summed E-state index contributed by atoms with van der Waals surface area (Å²) in [6, 6.07) is 0.603. The zero-order chi connectivity index (χ0) is 11.6. The molecule has 0 aromatic heterocycles. The lowest BCUT2D eigenvalue weighted by molar-refractivity contribution is 0.133. The Morgan fingerprint density at radius 1 is 1.27 bits per heavy atom. The fourth-order valence-electron chi connectivity index (χ4n) is 1.80. The van der Waals surface area contributed by atoms with Crippen LogP contribution in [0.15, 0.2) is 33.3 Å². The van der Waals surface area contributed by atoms with Crippen LogP contribution in [0.3, 0.4) is 0 Å². The third kappa shape index (κ3) is 2.77. The molecule has 15 heavy (non-hydrogen) atoms. The fourth-order valence-corrected chi connectivity index (χ4v) is 2.43. The topological polar surface area (TPSA) is 23.5 Å². The molecule has 0 bridgehead atoms. The van der Waals surface area contributed by atoms with E-state index < -0.39 is 0 Å². The monoisotopic (exact) mass is 319 g/mol. The highest BCUT2D eigenvalue weighted by atomic mass is 127. The van der Waals surface area contributed by atoms with E-state index in [0.29, 0.717) is 18.0 Å². The van der Waals surface area contributed by atoms with Gasteiger partial charge in [-0.05, 0) is 62.4 Å². The van der Waals surface area contributed by atoms with Gasteiger partial charge in [-0.3, -0.25) is 0 Å². The average Bonchev–Trinajstić information content (AvgIpc) is 2.49. The molecular formula is C12H18INO. The van der Waals surface area contributed by atoms with E-state index in [2.05, 4.69) is 50.3 Å². The van der Waals surface area contributed by atoms with Gasteiger partial charge in [0.2, 0.25) is 0 Å².